The zero-order chi connectivity index (χ0) is 24.5. The van der Waals surface area contributed by atoms with Crippen molar-refractivity contribution in [3.05, 3.63) is 77.5 Å². The molecule has 3 N–H and O–H groups in total. The quantitative estimate of drug-likeness (QED) is 0.345. The lowest BCUT2D eigenvalue weighted by Crippen LogP contribution is -2.43. The lowest BCUT2D eigenvalue weighted by atomic mass is 10.2. The second-order valence-corrected chi connectivity index (χ2v) is 8.60. The van der Waals surface area contributed by atoms with E-state index >= 15 is 0 Å². The maximum absolute atomic E-state index is 13.0. The lowest BCUT2D eigenvalue weighted by Gasteiger charge is -2.28. The van der Waals surface area contributed by atoms with Crippen molar-refractivity contribution in [1.29, 1.82) is 0 Å². The number of hydrogen-bond acceptors (Lipinski definition) is 6. The largest absolute Gasteiger partial charge is 0.354 e. The van der Waals surface area contributed by atoms with Gasteiger partial charge in [0.15, 0.2) is 0 Å². The SMILES string of the molecule is C1CNCCN1.Fc1ccc2nc(Cl)ccc2c1.Fc1ccc2nc(N3CCNCC3)ccc2c1. The van der Waals surface area contributed by atoms with Crippen molar-refractivity contribution in [2.24, 2.45) is 0 Å². The molecule has 6 rings (SSSR count). The van der Waals surface area contributed by atoms with Crippen LogP contribution in [0.5, 0.6) is 0 Å². The Morgan fingerprint density at radius 1 is 0.629 bits per heavy atom. The Balaban J connectivity index is 0.000000139. The van der Waals surface area contributed by atoms with Crippen LogP contribution >= 0.6 is 11.6 Å². The number of pyridine rings is 2. The normalized spacial score (nSPS) is 15.7. The summed E-state index contributed by atoms with van der Waals surface area (Å²) in [6.45, 7) is 8.48. The van der Waals surface area contributed by atoms with Crippen molar-refractivity contribution in [1.82, 2.24) is 25.9 Å². The molecule has 2 aliphatic heterocycles. The van der Waals surface area contributed by atoms with Crippen LogP contribution in [0.1, 0.15) is 0 Å². The van der Waals surface area contributed by atoms with Crippen molar-refractivity contribution < 1.29 is 8.78 Å². The van der Waals surface area contributed by atoms with Gasteiger partial charge < -0.3 is 20.9 Å². The third-order valence-corrected chi connectivity index (χ3v) is 5.86. The van der Waals surface area contributed by atoms with Crippen LogP contribution in [0, 0.1) is 11.6 Å². The number of nitrogens with one attached hydrogen (secondary N) is 3. The summed E-state index contributed by atoms with van der Waals surface area (Å²) in [5.41, 5.74) is 1.56. The third kappa shape index (κ3) is 7.53. The first kappa shape index (κ1) is 25.2. The first-order valence-electron chi connectivity index (χ1n) is 11.7. The van der Waals surface area contributed by atoms with Gasteiger partial charge in [0.1, 0.15) is 22.6 Å². The van der Waals surface area contributed by atoms with Gasteiger partial charge in [-0.15, -0.1) is 0 Å². The number of nitrogens with zero attached hydrogens (tertiary/aromatic N) is 3. The molecule has 2 aromatic heterocycles. The summed E-state index contributed by atoms with van der Waals surface area (Å²) < 4.78 is 25.7. The molecular formula is C26H29ClF2N6. The molecule has 2 aromatic carbocycles. The van der Waals surface area contributed by atoms with E-state index in [1.165, 1.54) is 24.3 Å². The van der Waals surface area contributed by atoms with E-state index in [0.717, 1.165) is 74.5 Å². The molecule has 4 heterocycles. The maximum Gasteiger partial charge on any atom is 0.129 e. The Labute approximate surface area is 208 Å². The molecule has 2 saturated heterocycles. The number of benzene rings is 2. The summed E-state index contributed by atoms with van der Waals surface area (Å²) in [6.07, 6.45) is 0. The maximum atomic E-state index is 13.0. The Hall–Kier alpha value is -2.91. The van der Waals surface area contributed by atoms with Gasteiger partial charge in [0, 0.05) is 63.1 Å². The number of halogens is 3. The summed E-state index contributed by atoms with van der Waals surface area (Å²) in [7, 11) is 0. The van der Waals surface area contributed by atoms with Gasteiger partial charge in [-0.2, -0.15) is 0 Å². The fourth-order valence-electron chi connectivity index (χ4n) is 3.83. The molecule has 35 heavy (non-hydrogen) atoms. The number of piperazine rings is 2. The summed E-state index contributed by atoms with van der Waals surface area (Å²) >= 11 is 5.65. The standard InChI is InChI=1S/C13H14FN3.C9H5ClFN.C4H10N2/c14-11-2-3-12-10(9-11)1-4-13(16-12)17-7-5-15-6-8-17;10-9-4-1-6-5-7(11)2-3-8(6)12-9;1-2-6-4-3-5-1/h1-4,9,15H,5-8H2;1-5H;5-6H,1-4H2. The van der Waals surface area contributed by atoms with E-state index < -0.39 is 0 Å². The van der Waals surface area contributed by atoms with E-state index in [4.69, 9.17) is 11.6 Å². The fraction of sp³-hybridized carbons (Fsp3) is 0.308. The molecule has 0 saturated carbocycles. The summed E-state index contributed by atoms with van der Waals surface area (Å²) in [4.78, 5) is 10.8. The lowest BCUT2D eigenvalue weighted by molar-refractivity contribution is 0.534. The van der Waals surface area contributed by atoms with Crippen molar-refractivity contribution in [2.75, 3.05) is 57.3 Å². The van der Waals surface area contributed by atoms with Crippen LogP contribution in [0.3, 0.4) is 0 Å². The molecule has 0 atom stereocenters. The molecule has 0 amide bonds. The zero-order valence-electron chi connectivity index (χ0n) is 19.4. The summed E-state index contributed by atoms with van der Waals surface area (Å²) in [5.74, 6) is 0.506. The highest BCUT2D eigenvalue weighted by atomic mass is 35.5. The van der Waals surface area contributed by atoms with Crippen molar-refractivity contribution in [2.45, 2.75) is 0 Å². The molecule has 4 aromatic rings. The number of aromatic nitrogens is 2. The fourth-order valence-corrected chi connectivity index (χ4v) is 3.98. The van der Waals surface area contributed by atoms with Crippen LogP contribution in [0.25, 0.3) is 21.8 Å². The van der Waals surface area contributed by atoms with Crippen LogP contribution < -0.4 is 20.9 Å². The van der Waals surface area contributed by atoms with Gasteiger partial charge in [-0.1, -0.05) is 11.6 Å². The Bertz CT molecular complexity index is 1190. The molecule has 0 spiro atoms. The highest BCUT2D eigenvalue weighted by Gasteiger charge is 2.11. The van der Waals surface area contributed by atoms with Gasteiger partial charge in [0.2, 0.25) is 0 Å². The minimum Gasteiger partial charge on any atom is -0.354 e. The molecule has 0 unspecified atom stereocenters. The molecule has 184 valence electrons. The summed E-state index contributed by atoms with van der Waals surface area (Å²) in [5, 5.41) is 11.8. The molecule has 6 nitrogen and oxygen atoms in total. The third-order valence-electron chi connectivity index (χ3n) is 5.65. The predicted octanol–water partition coefficient (Wildman–Crippen LogP) is 3.99. The van der Waals surface area contributed by atoms with E-state index in [1.54, 1.807) is 24.3 Å². The highest BCUT2D eigenvalue weighted by molar-refractivity contribution is 6.29. The molecule has 9 heteroatoms. The van der Waals surface area contributed by atoms with Gasteiger partial charge in [0.05, 0.1) is 11.0 Å². The van der Waals surface area contributed by atoms with Gasteiger partial charge >= 0.3 is 0 Å². The van der Waals surface area contributed by atoms with Crippen LogP contribution in [0.2, 0.25) is 5.15 Å². The smallest absolute Gasteiger partial charge is 0.129 e. The second kappa shape index (κ2) is 12.7. The van der Waals surface area contributed by atoms with Gasteiger partial charge in [-0.25, -0.2) is 18.7 Å². The summed E-state index contributed by atoms with van der Waals surface area (Å²) in [6, 6.07) is 16.4. The Kier molecular flexibility index (Phi) is 9.14. The molecule has 0 radical (unpaired) electrons. The van der Waals surface area contributed by atoms with Crippen LogP contribution in [0.4, 0.5) is 14.6 Å². The van der Waals surface area contributed by atoms with E-state index in [2.05, 4.69) is 30.8 Å². The average Bonchev–Trinajstić information content (AvgIpc) is 2.91. The Morgan fingerprint density at radius 3 is 1.71 bits per heavy atom. The topological polar surface area (TPSA) is 65.1 Å². The van der Waals surface area contributed by atoms with E-state index in [1.807, 2.05) is 12.1 Å². The number of fused-ring (bicyclic) bond motifs is 2. The van der Waals surface area contributed by atoms with Crippen LogP contribution in [0.15, 0.2) is 60.7 Å². The number of hydrogen-bond donors (Lipinski definition) is 3. The van der Waals surface area contributed by atoms with Crippen molar-refractivity contribution in [3.63, 3.8) is 0 Å². The molecule has 0 bridgehead atoms. The van der Waals surface area contributed by atoms with Gasteiger partial charge in [-0.05, 0) is 60.7 Å². The zero-order valence-corrected chi connectivity index (χ0v) is 20.2. The first-order chi connectivity index (χ1) is 17.1. The predicted molar refractivity (Wildman–Crippen MR) is 139 cm³/mol. The monoisotopic (exact) mass is 498 g/mol. The number of rotatable bonds is 1. The highest BCUT2D eigenvalue weighted by Crippen LogP contribution is 2.19. The number of anilines is 1. The van der Waals surface area contributed by atoms with E-state index in [9.17, 15) is 8.78 Å². The minimum absolute atomic E-state index is 0.214. The first-order valence-corrected chi connectivity index (χ1v) is 12.1. The second-order valence-electron chi connectivity index (χ2n) is 8.21. The van der Waals surface area contributed by atoms with E-state index in [0.29, 0.717) is 10.7 Å². The molecule has 0 aliphatic carbocycles. The Morgan fingerprint density at radius 2 is 1.14 bits per heavy atom. The minimum atomic E-state index is -0.258. The molecule has 2 fully saturated rings. The van der Waals surface area contributed by atoms with Crippen LogP contribution in [-0.4, -0.2) is 62.3 Å². The average molecular weight is 499 g/mol. The van der Waals surface area contributed by atoms with Crippen molar-refractivity contribution >= 4 is 39.2 Å². The van der Waals surface area contributed by atoms with E-state index in [-0.39, 0.29) is 11.6 Å². The van der Waals surface area contributed by atoms with Gasteiger partial charge in [-0.3, -0.25) is 0 Å². The molecular weight excluding hydrogens is 470 g/mol. The molecule has 2 aliphatic rings. The van der Waals surface area contributed by atoms with Crippen LogP contribution in [-0.2, 0) is 0 Å². The van der Waals surface area contributed by atoms with Crippen molar-refractivity contribution in [3.8, 4) is 0 Å². The van der Waals surface area contributed by atoms with Gasteiger partial charge in [0.25, 0.3) is 0 Å².